The zero-order chi connectivity index (χ0) is 19.3. The van der Waals surface area contributed by atoms with E-state index in [-0.39, 0.29) is 17.1 Å². The van der Waals surface area contributed by atoms with Gasteiger partial charge in [0.2, 0.25) is 0 Å². The fourth-order valence-electron chi connectivity index (χ4n) is 2.14. The first-order chi connectivity index (χ1) is 12.2. The van der Waals surface area contributed by atoms with E-state index in [4.69, 9.17) is 0 Å². The van der Waals surface area contributed by atoms with Crippen LogP contribution >= 0.6 is 0 Å². The van der Waals surface area contributed by atoms with E-state index >= 15 is 0 Å². The lowest BCUT2D eigenvalue weighted by Gasteiger charge is -2.16. The molecular weight excluding hydrogens is 355 g/mol. The van der Waals surface area contributed by atoms with E-state index in [2.05, 4.69) is 15.4 Å². The Morgan fingerprint density at radius 2 is 1.77 bits per heavy atom. The number of rotatable bonds is 5. The van der Waals surface area contributed by atoms with Crippen molar-refractivity contribution >= 4 is 17.4 Å². The first-order valence-electron chi connectivity index (χ1n) is 7.32. The molecule has 0 unspecified atom stereocenters. The maximum atomic E-state index is 12.1. The first-order valence-corrected chi connectivity index (χ1v) is 7.32. The van der Waals surface area contributed by atoms with Crippen LogP contribution in [0.25, 0.3) is 0 Å². The topological polar surface area (TPSA) is 93.5 Å². The molecule has 0 aliphatic rings. The normalized spacial score (nSPS) is 12.2. The Kier molecular flexibility index (Phi) is 5.65. The van der Waals surface area contributed by atoms with Gasteiger partial charge in [0.05, 0.1) is 11.0 Å². The highest BCUT2D eigenvalue weighted by molar-refractivity contribution is 5.91. The van der Waals surface area contributed by atoms with Gasteiger partial charge in [0, 0.05) is 6.07 Å². The molecule has 10 heteroatoms. The molecule has 0 heterocycles. The lowest BCUT2D eigenvalue weighted by Crippen LogP contribution is -2.31. The molecule has 2 rings (SSSR count). The number of alkyl halides is 3. The number of carbonyl (C=O) groups is 1. The Bertz CT molecular complexity index is 794. The first kappa shape index (κ1) is 19.0. The van der Waals surface area contributed by atoms with Gasteiger partial charge >= 0.3 is 12.4 Å². The lowest BCUT2D eigenvalue weighted by atomic mass is 10.1. The van der Waals surface area contributed by atoms with E-state index in [9.17, 15) is 28.1 Å². The number of nitro groups is 1. The SMILES string of the molecule is C[C@@H](NC(=O)Nc1ccccc1[N+](=O)[O-])c1ccc(OC(F)(F)F)cc1. The molecule has 7 nitrogen and oxygen atoms in total. The molecule has 1 atom stereocenters. The van der Waals surface area contributed by atoms with Gasteiger partial charge in [-0.3, -0.25) is 10.1 Å². The van der Waals surface area contributed by atoms with Gasteiger partial charge in [-0.05, 0) is 30.7 Å². The van der Waals surface area contributed by atoms with Gasteiger partial charge in [0.15, 0.2) is 0 Å². The van der Waals surface area contributed by atoms with Crippen LogP contribution < -0.4 is 15.4 Å². The van der Waals surface area contributed by atoms with Gasteiger partial charge in [0.25, 0.3) is 5.69 Å². The summed E-state index contributed by atoms with van der Waals surface area (Å²) in [6, 6.07) is 9.37. The van der Waals surface area contributed by atoms with Crippen LogP contribution in [0.2, 0.25) is 0 Å². The lowest BCUT2D eigenvalue weighted by molar-refractivity contribution is -0.383. The second-order valence-electron chi connectivity index (χ2n) is 5.21. The summed E-state index contributed by atoms with van der Waals surface area (Å²) in [4.78, 5) is 22.3. The minimum atomic E-state index is -4.78. The molecule has 2 N–H and O–H groups in total. The van der Waals surface area contributed by atoms with Crippen molar-refractivity contribution < 1.29 is 27.6 Å². The zero-order valence-corrected chi connectivity index (χ0v) is 13.4. The number of nitrogens with zero attached hydrogens (tertiary/aromatic N) is 1. The van der Waals surface area contributed by atoms with Crippen molar-refractivity contribution in [1.29, 1.82) is 0 Å². The largest absolute Gasteiger partial charge is 0.573 e. The monoisotopic (exact) mass is 369 g/mol. The third-order valence-electron chi connectivity index (χ3n) is 3.31. The van der Waals surface area contributed by atoms with Gasteiger partial charge in [0.1, 0.15) is 11.4 Å². The number of anilines is 1. The van der Waals surface area contributed by atoms with Crippen molar-refractivity contribution in [2.45, 2.75) is 19.3 Å². The molecule has 138 valence electrons. The van der Waals surface area contributed by atoms with E-state index in [0.717, 1.165) is 12.1 Å². The second-order valence-corrected chi connectivity index (χ2v) is 5.21. The number of hydrogen-bond donors (Lipinski definition) is 2. The summed E-state index contributed by atoms with van der Waals surface area (Å²) in [6.07, 6.45) is -4.78. The van der Waals surface area contributed by atoms with Crippen molar-refractivity contribution in [2.24, 2.45) is 0 Å². The van der Waals surface area contributed by atoms with E-state index in [1.807, 2.05) is 0 Å². The Balaban J connectivity index is 2.00. The second kappa shape index (κ2) is 7.72. The van der Waals surface area contributed by atoms with E-state index in [1.54, 1.807) is 6.92 Å². The summed E-state index contributed by atoms with van der Waals surface area (Å²) in [5.74, 6) is -0.377. The average molecular weight is 369 g/mol. The number of benzene rings is 2. The van der Waals surface area contributed by atoms with Crippen LogP contribution in [0.5, 0.6) is 5.75 Å². The quantitative estimate of drug-likeness (QED) is 0.604. The predicted octanol–water partition coefficient (Wildman–Crippen LogP) is 4.38. The van der Waals surface area contributed by atoms with Gasteiger partial charge in [-0.2, -0.15) is 0 Å². The van der Waals surface area contributed by atoms with E-state index < -0.39 is 23.4 Å². The van der Waals surface area contributed by atoms with Crippen molar-refractivity contribution in [2.75, 3.05) is 5.32 Å². The van der Waals surface area contributed by atoms with Gasteiger partial charge in [-0.15, -0.1) is 13.2 Å². The smallest absolute Gasteiger partial charge is 0.406 e. The van der Waals surface area contributed by atoms with Crippen LogP contribution in [-0.4, -0.2) is 17.3 Å². The number of nitrogens with one attached hydrogen (secondary N) is 2. The molecule has 0 bridgehead atoms. The number of halogens is 3. The summed E-state index contributed by atoms with van der Waals surface area (Å²) >= 11 is 0. The summed E-state index contributed by atoms with van der Waals surface area (Å²) in [6.45, 7) is 1.61. The Labute approximate surface area is 145 Å². The summed E-state index contributed by atoms with van der Waals surface area (Å²) < 4.78 is 40.2. The van der Waals surface area contributed by atoms with Gasteiger partial charge in [-0.25, -0.2) is 4.79 Å². The van der Waals surface area contributed by atoms with Crippen LogP contribution in [-0.2, 0) is 0 Å². The molecule has 2 aromatic carbocycles. The van der Waals surface area contributed by atoms with Gasteiger partial charge in [-0.1, -0.05) is 24.3 Å². The number of amides is 2. The Morgan fingerprint density at radius 3 is 2.35 bits per heavy atom. The van der Waals surface area contributed by atoms with Crippen LogP contribution in [0, 0.1) is 10.1 Å². The van der Waals surface area contributed by atoms with E-state index in [0.29, 0.717) is 5.56 Å². The highest BCUT2D eigenvalue weighted by atomic mass is 19.4. The summed E-state index contributed by atoms with van der Waals surface area (Å²) in [7, 11) is 0. The number of urea groups is 1. The van der Waals surface area contributed by atoms with Crippen LogP contribution in [0.1, 0.15) is 18.5 Å². The number of ether oxygens (including phenoxy) is 1. The molecule has 0 saturated carbocycles. The highest BCUT2D eigenvalue weighted by Crippen LogP contribution is 2.25. The minimum absolute atomic E-state index is 0.0242. The fraction of sp³-hybridized carbons (Fsp3) is 0.188. The molecule has 2 amide bonds. The number of nitro benzene ring substituents is 1. The molecular formula is C16H14F3N3O4. The molecule has 0 aliphatic carbocycles. The minimum Gasteiger partial charge on any atom is -0.406 e. The summed E-state index contributed by atoms with van der Waals surface area (Å²) in [5.41, 5.74) is 0.289. The molecule has 2 aromatic rings. The molecule has 0 aromatic heterocycles. The third kappa shape index (κ3) is 5.36. The zero-order valence-electron chi connectivity index (χ0n) is 13.4. The van der Waals surface area contributed by atoms with Crippen molar-refractivity contribution in [3.63, 3.8) is 0 Å². The van der Waals surface area contributed by atoms with Gasteiger partial charge < -0.3 is 15.4 Å². The van der Waals surface area contributed by atoms with Crippen LogP contribution in [0.4, 0.5) is 29.3 Å². The van der Waals surface area contributed by atoms with Crippen molar-refractivity contribution in [1.82, 2.24) is 5.32 Å². The Hall–Kier alpha value is -3.30. The fourth-order valence-corrected chi connectivity index (χ4v) is 2.14. The average Bonchev–Trinajstić information content (AvgIpc) is 2.54. The van der Waals surface area contributed by atoms with Crippen molar-refractivity contribution in [3.05, 3.63) is 64.2 Å². The van der Waals surface area contributed by atoms with E-state index in [1.165, 1.54) is 36.4 Å². The van der Waals surface area contributed by atoms with Crippen molar-refractivity contribution in [3.8, 4) is 5.75 Å². The third-order valence-corrected chi connectivity index (χ3v) is 3.31. The molecule has 0 spiro atoms. The number of hydrogen-bond acceptors (Lipinski definition) is 4. The Morgan fingerprint density at radius 1 is 1.15 bits per heavy atom. The number of para-hydroxylation sites is 2. The standard InChI is InChI=1S/C16H14F3N3O4/c1-10(11-6-8-12(9-7-11)26-16(17,18)19)20-15(23)21-13-4-2-3-5-14(13)22(24)25/h2-10H,1H3,(H2,20,21,23)/t10-/m1/s1. The molecule has 0 aliphatic heterocycles. The maximum Gasteiger partial charge on any atom is 0.573 e. The molecule has 0 saturated heterocycles. The predicted molar refractivity (Wildman–Crippen MR) is 86.8 cm³/mol. The number of carbonyl (C=O) groups excluding carboxylic acids is 1. The summed E-state index contributed by atoms with van der Waals surface area (Å²) in [5, 5.41) is 15.8. The van der Waals surface area contributed by atoms with Crippen LogP contribution in [0.15, 0.2) is 48.5 Å². The molecule has 0 fully saturated rings. The van der Waals surface area contributed by atoms with Crippen LogP contribution in [0.3, 0.4) is 0 Å². The molecule has 26 heavy (non-hydrogen) atoms. The molecule has 0 radical (unpaired) electrons. The highest BCUT2D eigenvalue weighted by Gasteiger charge is 2.31. The maximum absolute atomic E-state index is 12.1.